The minimum absolute atomic E-state index is 0. The van der Waals surface area contributed by atoms with Gasteiger partial charge in [-0.05, 0) is 161 Å². The minimum atomic E-state index is 0. The van der Waals surface area contributed by atoms with Crippen molar-refractivity contribution in [2.24, 2.45) is 0 Å². The Labute approximate surface area is 423 Å². The first-order chi connectivity index (χ1) is 32.7. The summed E-state index contributed by atoms with van der Waals surface area (Å²) in [5.41, 5.74) is 11.1. The first-order valence-electron chi connectivity index (χ1n) is 21.9. The summed E-state index contributed by atoms with van der Waals surface area (Å²) in [7, 11) is 0. The Hall–Kier alpha value is -6.99. The average Bonchev–Trinajstić information content (AvgIpc) is 4.10. The average molecular weight is 992 g/mol. The van der Waals surface area contributed by atoms with Crippen molar-refractivity contribution in [3.8, 4) is 0 Å². The molecular formula is C51H73N15O2S2. The molecule has 0 radical (unpaired) electrons. The molecule has 0 N–H and O–H groups in total. The Morgan fingerprint density at radius 3 is 1.21 bits per heavy atom. The van der Waals surface area contributed by atoms with E-state index in [9.17, 15) is 0 Å². The van der Waals surface area contributed by atoms with Crippen LogP contribution in [0.3, 0.4) is 0 Å². The largest absolute Gasteiger partial charge is 0.361 e. The molecule has 0 aliphatic rings. The molecule has 70 heavy (non-hydrogen) atoms. The first kappa shape index (κ1) is 63.0. The van der Waals surface area contributed by atoms with Gasteiger partial charge >= 0.3 is 0 Å². The third-order valence-electron chi connectivity index (χ3n) is 8.09. The second-order valence-corrected chi connectivity index (χ2v) is 17.3. The molecule has 376 valence electrons. The highest BCUT2D eigenvalue weighted by atomic mass is 32.1. The third kappa shape index (κ3) is 31.9. The Bertz CT molecular complexity index is 2470. The van der Waals surface area contributed by atoms with E-state index in [1.54, 1.807) is 59.0 Å². The summed E-state index contributed by atoms with van der Waals surface area (Å²) in [5.74, 6) is 5.16. The molecule has 0 aliphatic carbocycles. The van der Waals surface area contributed by atoms with Crippen LogP contribution in [0, 0.1) is 118 Å². The summed E-state index contributed by atoms with van der Waals surface area (Å²) in [6, 6.07) is 15.4. The first-order valence-corrected chi connectivity index (χ1v) is 23.6. The van der Waals surface area contributed by atoms with Crippen LogP contribution < -0.4 is 0 Å². The van der Waals surface area contributed by atoms with Crippen LogP contribution in [0.5, 0.6) is 0 Å². The van der Waals surface area contributed by atoms with Gasteiger partial charge in [-0.25, -0.2) is 39.9 Å². The van der Waals surface area contributed by atoms with E-state index in [-0.39, 0.29) is 7.43 Å². The molecule has 9 aromatic rings. The Morgan fingerprint density at radius 2 is 1.00 bits per heavy atom. The number of aromatic nitrogens is 15. The van der Waals surface area contributed by atoms with Crippen LogP contribution in [0.4, 0.5) is 0 Å². The summed E-state index contributed by atoms with van der Waals surface area (Å²) in [6.07, 6.45) is 8.00. The third-order valence-corrected chi connectivity index (χ3v) is 9.69. The molecule has 0 aliphatic heterocycles. The Morgan fingerprint density at radius 1 is 0.457 bits per heavy atom. The highest BCUT2D eigenvalue weighted by Crippen LogP contribution is 2.09. The Kier molecular flexibility index (Phi) is 32.5. The zero-order valence-electron chi connectivity index (χ0n) is 43.6. The van der Waals surface area contributed by atoms with Gasteiger partial charge in [0.2, 0.25) is 0 Å². The van der Waals surface area contributed by atoms with Crippen LogP contribution >= 0.6 is 22.7 Å². The van der Waals surface area contributed by atoms with Gasteiger partial charge < -0.3 is 9.05 Å². The van der Waals surface area contributed by atoms with Crippen molar-refractivity contribution in [1.82, 2.24) is 75.6 Å². The smallest absolute Gasteiger partial charge is 0.136 e. The fraction of sp³-hybridized carbons (Fsp3) is 0.392. The van der Waals surface area contributed by atoms with E-state index in [4.69, 9.17) is 9.05 Å². The van der Waals surface area contributed by atoms with Crippen molar-refractivity contribution in [3.05, 3.63) is 180 Å². The maximum atomic E-state index is 4.84. The van der Waals surface area contributed by atoms with E-state index in [1.165, 1.54) is 0 Å². The van der Waals surface area contributed by atoms with Gasteiger partial charge in [0.1, 0.15) is 55.4 Å². The summed E-state index contributed by atoms with van der Waals surface area (Å²) >= 11 is 3.22. The van der Waals surface area contributed by atoms with Crippen molar-refractivity contribution >= 4 is 22.7 Å². The van der Waals surface area contributed by atoms with Gasteiger partial charge in [-0.2, -0.15) is 0 Å². The van der Waals surface area contributed by atoms with E-state index in [1.807, 2.05) is 160 Å². The molecule has 0 aromatic carbocycles. The number of pyridine rings is 1. The topological polar surface area (TPSA) is 220 Å². The molecular weight excluding hydrogens is 919 g/mol. The maximum Gasteiger partial charge on any atom is 0.136 e. The lowest BCUT2D eigenvalue weighted by molar-refractivity contribution is 0.392. The molecule has 0 amide bonds. The lowest BCUT2D eigenvalue weighted by atomic mass is 10.2. The maximum absolute atomic E-state index is 4.84. The zero-order valence-corrected chi connectivity index (χ0v) is 45.2. The van der Waals surface area contributed by atoms with E-state index in [2.05, 4.69) is 82.5 Å². The molecule has 9 rings (SSSR count). The predicted octanol–water partition coefficient (Wildman–Crippen LogP) is 11.9. The monoisotopic (exact) mass is 992 g/mol. The molecule has 17 nitrogen and oxygen atoms in total. The fourth-order valence-corrected chi connectivity index (χ4v) is 5.92. The molecule has 19 heteroatoms. The van der Waals surface area contributed by atoms with Crippen molar-refractivity contribution in [2.45, 2.75) is 138 Å². The van der Waals surface area contributed by atoms with E-state index in [0.717, 1.165) is 107 Å². The Balaban J connectivity index is 0.000000765. The van der Waals surface area contributed by atoms with Crippen molar-refractivity contribution < 1.29 is 9.05 Å². The van der Waals surface area contributed by atoms with E-state index < -0.39 is 0 Å². The number of hydrogen-bond acceptors (Lipinski definition) is 19. The van der Waals surface area contributed by atoms with Gasteiger partial charge in [-0.1, -0.05) is 30.7 Å². The summed E-state index contributed by atoms with van der Waals surface area (Å²) in [4.78, 5) is 36.2. The van der Waals surface area contributed by atoms with Crippen LogP contribution in [0.15, 0.2) is 87.9 Å². The second-order valence-electron chi connectivity index (χ2n) is 15.0. The van der Waals surface area contributed by atoms with Crippen molar-refractivity contribution in [1.29, 1.82) is 0 Å². The summed E-state index contributed by atoms with van der Waals surface area (Å²) in [5, 5.41) is 25.6. The zero-order chi connectivity index (χ0) is 51.7. The molecule has 0 atom stereocenters. The molecule has 0 saturated heterocycles. The van der Waals surface area contributed by atoms with Gasteiger partial charge in [-0.3, -0.25) is 4.98 Å². The standard InChI is InChI=1S/2C7H10N2.C6H8N2.C6H9NO.C6H7N.C5H8N2S.C5H6N2.C5H7NO.C3H4N2S.CH4/c2*1-5-4-6(2)9-7(3)8-5;1-5-3-4-7-6(2)8-5;1-4-5(2)7-8-6(4)3;1-6-4-2-3-5-7-6;1-3-5-7-6-4(2)8-5;1-5-6-3-2-4-7-5;1-4-3-5(2)7-6-4;1-3-5-4-2-6-3;/h2*4H,1-3H3;3-4H,1-2H3;1-3H3;2-5H,1H3;3H2,1-2H3;2-4H,1H3;3H,1-2H3;2H,1H3;1H4. The minimum Gasteiger partial charge on any atom is -0.361 e. The van der Waals surface area contributed by atoms with Gasteiger partial charge in [0.05, 0.1) is 11.4 Å². The number of hydrogen-bond donors (Lipinski definition) is 0. The normalized spacial score (nSPS) is 9.23. The van der Waals surface area contributed by atoms with Gasteiger partial charge in [0, 0.05) is 70.6 Å². The van der Waals surface area contributed by atoms with Crippen LogP contribution in [-0.2, 0) is 6.42 Å². The number of rotatable bonds is 1. The van der Waals surface area contributed by atoms with Crippen molar-refractivity contribution in [3.63, 3.8) is 0 Å². The quantitative estimate of drug-likeness (QED) is 0.149. The lowest BCUT2D eigenvalue weighted by Gasteiger charge is -1.95. The molecule has 0 saturated carbocycles. The van der Waals surface area contributed by atoms with Crippen LogP contribution in [0.1, 0.15) is 115 Å². The van der Waals surface area contributed by atoms with E-state index in [0.29, 0.717) is 0 Å². The highest BCUT2D eigenvalue weighted by Gasteiger charge is 2.00. The number of aryl methyl sites for hydroxylation is 17. The molecule has 9 heterocycles. The fourth-order valence-electron chi connectivity index (χ4n) is 4.93. The predicted molar refractivity (Wildman–Crippen MR) is 282 cm³/mol. The second kappa shape index (κ2) is 36.1. The van der Waals surface area contributed by atoms with E-state index >= 15 is 0 Å². The summed E-state index contributed by atoms with van der Waals surface area (Å²) < 4.78 is 9.56. The van der Waals surface area contributed by atoms with Crippen LogP contribution in [-0.4, -0.2) is 75.6 Å². The highest BCUT2D eigenvalue weighted by molar-refractivity contribution is 7.11. The molecule has 0 bridgehead atoms. The van der Waals surface area contributed by atoms with Crippen molar-refractivity contribution in [2.75, 3.05) is 0 Å². The summed E-state index contributed by atoms with van der Waals surface area (Å²) in [6.45, 7) is 35.0. The number of nitrogens with zero attached hydrogens (tertiary/aromatic N) is 15. The SMILES string of the molecule is C.CCc1nnc(C)s1.Cc1cc(C)nc(C)n1.Cc1cc(C)nc(C)n1.Cc1cc(C)on1.Cc1ccccn1.Cc1ccnc(C)n1.Cc1ncccn1.Cc1nncs1.Cc1noc(C)c1C. The van der Waals surface area contributed by atoms with Gasteiger partial charge in [0.15, 0.2) is 0 Å². The molecule has 0 unspecified atom stereocenters. The molecule has 0 spiro atoms. The molecule has 9 aromatic heterocycles. The lowest BCUT2D eigenvalue weighted by Crippen LogP contribution is -1.91. The van der Waals surface area contributed by atoms with Crippen LogP contribution in [0.2, 0.25) is 0 Å². The van der Waals surface area contributed by atoms with Gasteiger partial charge in [0.25, 0.3) is 0 Å². The van der Waals surface area contributed by atoms with Gasteiger partial charge in [-0.15, -0.1) is 43.1 Å². The molecule has 0 fully saturated rings. The van der Waals surface area contributed by atoms with Crippen LogP contribution in [0.25, 0.3) is 0 Å².